The normalized spacial score (nSPS) is 12.5. The lowest BCUT2D eigenvalue weighted by Gasteiger charge is -2.12. The number of fused-ring (bicyclic) bond motifs is 1. The highest BCUT2D eigenvalue weighted by atomic mass is 16.7. The van der Waals surface area contributed by atoms with Crippen molar-refractivity contribution in [2.45, 2.75) is 13.3 Å². The Labute approximate surface area is 142 Å². The van der Waals surface area contributed by atoms with Gasteiger partial charge in [0, 0.05) is 30.1 Å². The molecule has 1 aliphatic rings. The molecule has 2 heterocycles. The molecule has 0 bridgehead atoms. The van der Waals surface area contributed by atoms with Crippen molar-refractivity contribution in [1.29, 1.82) is 0 Å². The molecule has 128 valence electrons. The monoisotopic (exact) mass is 329 g/mol. The highest BCUT2D eigenvalue weighted by molar-refractivity contribution is 5.62. The Hall–Kier alpha value is -2.54. The van der Waals surface area contributed by atoms with E-state index in [1.54, 1.807) is 0 Å². The van der Waals surface area contributed by atoms with Crippen LogP contribution >= 0.6 is 0 Å². The van der Waals surface area contributed by atoms with Gasteiger partial charge in [-0.1, -0.05) is 0 Å². The summed E-state index contributed by atoms with van der Waals surface area (Å²) < 4.78 is 10.7. The van der Waals surface area contributed by atoms with E-state index < -0.39 is 0 Å². The Bertz CT molecular complexity index is 705. The van der Waals surface area contributed by atoms with Crippen LogP contribution in [0.4, 0.5) is 17.5 Å². The molecular weight excluding hydrogens is 306 g/mol. The summed E-state index contributed by atoms with van der Waals surface area (Å²) in [7, 11) is 4.13. The van der Waals surface area contributed by atoms with E-state index in [2.05, 4.69) is 39.6 Å². The molecule has 3 rings (SSSR count). The first kappa shape index (κ1) is 16.3. The zero-order chi connectivity index (χ0) is 16.9. The number of hydrogen-bond donors (Lipinski definition) is 2. The van der Waals surface area contributed by atoms with Gasteiger partial charge in [0.15, 0.2) is 11.5 Å². The molecule has 0 saturated heterocycles. The Morgan fingerprint density at radius 2 is 1.96 bits per heavy atom. The summed E-state index contributed by atoms with van der Waals surface area (Å²) >= 11 is 0. The number of nitrogens with one attached hydrogen (secondary N) is 2. The van der Waals surface area contributed by atoms with Crippen molar-refractivity contribution >= 4 is 17.5 Å². The molecule has 0 unspecified atom stereocenters. The summed E-state index contributed by atoms with van der Waals surface area (Å²) in [5.74, 6) is 2.89. The number of rotatable bonds is 7. The largest absolute Gasteiger partial charge is 0.454 e. The smallest absolute Gasteiger partial charge is 0.231 e. The Morgan fingerprint density at radius 3 is 2.79 bits per heavy atom. The fourth-order valence-corrected chi connectivity index (χ4v) is 2.43. The second-order valence-corrected chi connectivity index (χ2v) is 5.99. The fourth-order valence-electron chi connectivity index (χ4n) is 2.43. The molecule has 0 radical (unpaired) electrons. The van der Waals surface area contributed by atoms with Crippen molar-refractivity contribution in [3.05, 3.63) is 30.0 Å². The zero-order valence-electron chi connectivity index (χ0n) is 14.3. The van der Waals surface area contributed by atoms with Gasteiger partial charge in [-0.25, -0.2) is 4.98 Å². The molecule has 0 saturated carbocycles. The van der Waals surface area contributed by atoms with Crippen molar-refractivity contribution in [2.75, 3.05) is 44.6 Å². The van der Waals surface area contributed by atoms with Crippen molar-refractivity contribution in [3.63, 3.8) is 0 Å². The van der Waals surface area contributed by atoms with Crippen LogP contribution in [0, 0.1) is 6.92 Å². The van der Waals surface area contributed by atoms with E-state index in [0.29, 0.717) is 5.95 Å². The Morgan fingerprint density at radius 1 is 1.12 bits per heavy atom. The van der Waals surface area contributed by atoms with Gasteiger partial charge in [0.05, 0.1) is 0 Å². The number of ether oxygens (including phenoxy) is 2. The van der Waals surface area contributed by atoms with Crippen LogP contribution in [0.25, 0.3) is 0 Å². The van der Waals surface area contributed by atoms with Crippen LogP contribution in [0.1, 0.15) is 12.1 Å². The zero-order valence-corrected chi connectivity index (χ0v) is 14.3. The number of aryl methyl sites for hydroxylation is 1. The molecule has 0 amide bonds. The maximum atomic E-state index is 5.40. The van der Waals surface area contributed by atoms with Crippen molar-refractivity contribution < 1.29 is 9.47 Å². The lowest BCUT2D eigenvalue weighted by Crippen LogP contribution is -2.17. The maximum absolute atomic E-state index is 5.40. The van der Waals surface area contributed by atoms with Gasteiger partial charge >= 0.3 is 0 Å². The van der Waals surface area contributed by atoms with Crippen LogP contribution in [0.5, 0.6) is 11.5 Å². The van der Waals surface area contributed by atoms with Crippen LogP contribution < -0.4 is 20.1 Å². The number of hydrogen-bond acceptors (Lipinski definition) is 7. The van der Waals surface area contributed by atoms with Gasteiger partial charge in [-0.15, -0.1) is 0 Å². The SMILES string of the molecule is Cc1cc(Nc2ccc3c(c2)OCO3)nc(NCCCN(C)C)n1. The first-order valence-electron chi connectivity index (χ1n) is 8.01. The summed E-state index contributed by atoms with van der Waals surface area (Å²) in [4.78, 5) is 11.1. The van der Waals surface area contributed by atoms with Gasteiger partial charge in [-0.3, -0.25) is 0 Å². The van der Waals surface area contributed by atoms with E-state index in [1.165, 1.54) is 0 Å². The molecule has 0 spiro atoms. The van der Waals surface area contributed by atoms with E-state index in [9.17, 15) is 0 Å². The van der Waals surface area contributed by atoms with E-state index in [0.717, 1.165) is 48.2 Å². The van der Waals surface area contributed by atoms with Crippen molar-refractivity contribution in [3.8, 4) is 11.5 Å². The molecule has 1 aliphatic heterocycles. The van der Waals surface area contributed by atoms with E-state index in [1.807, 2.05) is 31.2 Å². The summed E-state index contributed by atoms with van der Waals surface area (Å²) in [6.07, 6.45) is 1.04. The molecule has 1 aromatic carbocycles. The lowest BCUT2D eigenvalue weighted by molar-refractivity contribution is 0.174. The molecule has 2 aromatic rings. The highest BCUT2D eigenvalue weighted by Gasteiger charge is 2.13. The highest BCUT2D eigenvalue weighted by Crippen LogP contribution is 2.34. The second kappa shape index (κ2) is 7.35. The fraction of sp³-hybridized carbons (Fsp3) is 0.412. The number of benzene rings is 1. The van der Waals surface area contributed by atoms with Crippen LogP contribution in [-0.4, -0.2) is 48.8 Å². The quantitative estimate of drug-likeness (QED) is 0.757. The number of aromatic nitrogens is 2. The van der Waals surface area contributed by atoms with E-state index in [-0.39, 0.29) is 6.79 Å². The number of anilines is 3. The standard InChI is InChI=1S/C17H23N5O2/c1-12-9-16(21-17(19-12)18-7-4-8-22(2)3)20-13-5-6-14-15(10-13)24-11-23-14/h5-6,9-10H,4,7-8,11H2,1-3H3,(H2,18,19,20,21). The van der Waals surface area contributed by atoms with Gasteiger partial charge in [0.25, 0.3) is 0 Å². The minimum atomic E-state index is 0.270. The molecule has 0 fully saturated rings. The third-order valence-electron chi connectivity index (χ3n) is 3.56. The third kappa shape index (κ3) is 4.26. The Kier molecular flexibility index (Phi) is 5.00. The molecular formula is C17H23N5O2. The lowest BCUT2D eigenvalue weighted by atomic mass is 10.2. The van der Waals surface area contributed by atoms with Gasteiger partial charge in [-0.05, 0) is 46.1 Å². The summed E-state index contributed by atoms with van der Waals surface area (Å²) in [6.45, 7) is 4.09. The first-order valence-corrected chi connectivity index (χ1v) is 8.01. The molecule has 7 heteroatoms. The summed E-state index contributed by atoms with van der Waals surface area (Å²) in [5.41, 5.74) is 1.80. The van der Waals surface area contributed by atoms with Crippen LogP contribution in [-0.2, 0) is 0 Å². The average Bonchev–Trinajstić information content (AvgIpc) is 2.98. The molecule has 2 N–H and O–H groups in total. The van der Waals surface area contributed by atoms with Gasteiger partial charge in [0.1, 0.15) is 5.82 Å². The minimum Gasteiger partial charge on any atom is -0.454 e. The van der Waals surface area contributed by atoms with Crippen LogP contribution in [0.3, 0.4) is 0 Å². The first-order chi connectivity index (χ1) is 11.6. The minimum absolute atomic E-state index is 0.270. The van der Waals surface area contributed by atoms with Gasteiger partial charge in [0.2, 0.25) is 12.7 Å². The average molecular weight is 329 g/mol. The maximum Gasteiger partial charge on any atom is 0.231 e. The molecule has 24 heavy (non-hydrogen) atoms. The van der Waals surface area contributed by atoms with Gasteiger partial charge in [-0.2, -0.15) is 4.98 Å². The third-order valence-corrected chi connectivity index (χ3v) is 3.56. The summed E-state index contributed by atoms with van der Waals surface area (Å²) in [6, 6.07) is 7.65. The molecule has 0 atom stereocenters. The second-order valence-electron chi connectivity index (χ2n) is 5.99. The predicted octanol–water partition coefficient (Wildman–Crippen LogP) is 2.62. The van der Waals surface area contributed by atoms with Crippen LogP contribution in [0.15, 0.2) is 24.3 Å². The summed E-state index contributed by atoms with van der Waals surface area (Å²) in [5, 5.41) is 6.56. The van der Waals surface area contributed by atoms with Crippen LogP contribution in [0.2, 0.25) is 0 Å². The van der Waals surface area contributed by atoms with Crippen molar-refractivity contribution in [1.82, 2.24) is 14.9 Å². The van der Waals surface area contributed by atoms with E-state index in [4.69, 9.17) is 9.47 Å². The molecule has 7 nitrogen and oxygen atoms in total. The molecule has 1 aromatic heterocycles. The van der Waals surface area contributed by atoms with E-state index >= 15 is 0 Å². The number of nitrogens with zero attached hydrogens (tertiary/aromatic N) is 3. The molecule has 0 aliphatic carbocycles. The van der Waals surface area contributed by atoms with Crippen molar-refractivity contribution in [2.24, 2.45) is 0 Å². The van der Waals surface area contributed by atoms with Gasteiger partial charge < -0.3 is 25.0 Å². The topological polar surface area (TPSA) is 71.5 Å². The Balaban J connectivity index is 1.65. The predicted molar refractivity (Wildman–Crippen MR) is 94.3 cm³/mol.